The fraction of sp³-hybridized carbons (Fsp3) is 0.760. The molecule has 1 saturated carbocycles. The molecule has 0 heterocycles. The van der Waals surface area contributed by atoms with E-state index in [4.69, 9.17) is 14.2 Å². The minimum atomic E-state index is -0.0377. The summed E-state index contributed by atoms with van der Waals surface area (Å²) in [5.41, 5.74) is 2.35. The maximum atomic E-state index is 6.51. The van der Waals surface area contributed by atoms with Gasteiger partial charge in [-0.2, -0.15) is 0 Å². The summed E-state index contributed by atoms with van der Waals surface area (Å²) >= 11 is 0. The Morgan fingerprint density at radius 3 is 2.24 bits per heavy atom. The number of hydrogen-bond donors (Lipinski definition) is 1. The number of rotatable bonds is 10. The van der Waals surface area contributed by atoms with E-state index in [-0.39, 0.29) is 17.6 Å². The van der Waals surface area contributed by atoms with E-state index >= 15 is 0 Å². The quantitative estimate of drug-likeness (QED) is 0.532. The molecule has 1 N–H and O–H groups in total. The van der Waals surface area contributed by atoms with Crippen LogP contribution in [0.25, 0.3) is 0 Å². The lowest BCUT2D eigenvalue weighted by molar-refractivity contribution is -0.0177. The lowest BCUT2D eigenvalue weighted by Crippen LogP contribution is -2.39. The maximum absolute atomic E-state index is 6.51. The van der Waals surface area contributed by atoms with Gasteiger partial charge >= 0.3 is 0 Å². The first kappa shape index (κ1) is 24.0. The van der Waals surface area contributed by atoms with Crippen molar-refractivity contribution in [1.82, 2.24) is 5.32 Å². The summed E-state index contributed by atoms with van der Waals surface area (Å²) in [5, 5.41) is 3.70. The van der Waals surface area contributed by atoms with Crippen LogP contribution in [0.1, 0.15) is 91.2 Å². The summed E-state index contributed by atoms with van der Waals surface area (Å²) in [6.07, 6.45) is 5.44. The van der Waals surface area contributed by atoms with Gasteiger partial charge in [-0.3, -0.25) is 0 Å². The van der Waals surface area contributed by atoms with E-state index in [9.17, 15) is 0 Å². The molecule has 1 fully saturated rings. The van der Waals surface area contributed by atoms with Gasteiger partial charge in [0, 0.05) is 23.7 Å². The second-order valence-corrected chi connectivity index (χ2v) is 10.0. The van der Waals surface area contributed by atoms with E-state index in [2.05, 4.69) is 65.9 Å². The van der Waals surface area contributed by atoms with E-state index in [1.54, 1.807) is 7.11 Å². The van der Waals surface area contributed by atoms with Gasteiger partial charge in [-0.25, -0.2) is 0 Å². The van der Waals surface area contributed by atoms with Gasteiger partial charge in [0.2, 0.25) is 0 Å². The van der Waals surface area contributed by atoms with Crippen LogP contribution in [0.5, 0.6) is 11.5 Å². The fourth-order valence-corrected chi connectivity index (χ4v) is 4.02. The molecule has 4 nitrogen and oxygen atoms in total. The summed E-state index contributed by atoms with van der Waals surface area (Å²) in [5.74, 6) is 2.23. The molecule has 0 aliphatic heterocycles. The van der Waals surface area contributed by atoms with Gasteiger partial charge in [0.1, 0.15) is 24.2 Å². The largest absolute Gasteiger partial charge is 0.497 e. The first-order valence-electron chi connectivity index (χ1n) is 11.4. The zero-order valence-corrected chi connectivity index (χ0v) is 19.9. The lowest BCUT2D eigenvalue weighted by atomic mass is 9.83. The molecule has 29 heavy (non-hydrogen) atoms. The zero-order valence-electron chi connectivity index (χ0n) is 19.9. The van der Waals surface area contributed by atoms with Gasteiger partial charge in [-0.05, 0) is 50.2 Å². The first-order chi connectivity index (χ1) is 13.6. The van der Waals surface area contributed by atoms with Crippen LogP contribution < -0.4 is 14.8 Å². The highest BCUT2D eigenvalue weighted by Gasteiger charge is 2.26. The average molecular weight is 406 g/mol. The van der Waals surface area contributed by atoms with Gasteiger partial charge in [-0.1, -0.05) is 47.5 Å². The number of nitrogens with one attached hydrogen (secondary N) is 1. The van der Waals surface area contributed by atoms with Gasteiger partial charge in [-0.15, -0.1) is 0 Å². The Balaban J connectivity index is 2.21. The van der Waals surface area contributed by atoms with E-state index in [1.165, 1.54) is 36.8 Å². The van der Waals surface area contributed by atoms with Crippen LogP contribution in [0.2, 0.25) is 0 Å². The summed E-state index contributed by atoms with van der Waals surface area (Å²) in [4.78, 5) is 0. The van der Waals surface area contributed by atoms with E-state index in [0.717, 1.165) is 18.0 Å². The third kappa shape index (κ3) is 7.18. The molecule has 4 heteroatoms. The SMILES string of the molecule is COc1cc(C(C)C)c(OCC(CNC2CCCC2)OC(C)C)c(C(C)(C)C)c1. The second-order valence-electron chi connectivity index (χ2n) is 10.0. The fourth-order valence-electron chi connectivity index (χ4n) is 4.02. The van der Waals surface area contributed by atoms with Crippen molar-refractivity contribution in [2.45, 2.75) is 104 Å². The number of hydrogen-bond acceptors (Lipinski definition) is 4. The Labute approximate surface area is 178 Å². The second kappa shape index (κ2) is 10.7. The smallest absolute Gasteiger partial charge is 0.126 e. The molecule has 0 bridgehead atoms. The molecule has 0 aromatic heterocycles. The van der Waals surface area contributed by atoms with E-state index < -0.39 is 0 Å². The predicted molar refractivity (Wildman–Crippen MR) is 122 cm³/mol. The molecule has 2 rings (SSSR count). The molecule has 1 unspecified atom stereocenters. The molecule has 0 amide bonds. The predicted octanol–water partition coefficient (Wildman–Crippen LogP) is 5.82. The highest BCUT2D eigenvalue weighted by atomic mass is 16.5. The molecule has 1 atom stereocenters. The molecule has 1 aromatic rings. The number of methoxy groups -OCH3 is 1. The van der Waals surface area contributed by atoms with Crippen molar-refractivity contribution in [2.24, 2.45) is 0 Å². The Bertz CT molecular complexity index is 628. The van der Waals surface area contributed by atoms with Crippen LogP contribution >= 0.6 is 0 Å². The van der Waals surface area contributed by atoms with Crippen molar-refractivity contribution < 1.29 is 14.2 Å². The van der Waals surface area contributed by atoms with Crippen LogP contribution in [0.4, 0.5) is 0 Å². The maximum Gasteiger partial charge on any atom is 0.126 e. The molecule has 166 valence electrons. The third-order valence-corrected chi connectivity index (χ3v) is 5.62. The Morgan fingerprint density at radius 1 is 1.07 bits per heavy atom. The molecule has 0 radical (unpaired) electrons. The molecule has 1 aromatic carbocycles. The number of ether oxygens (including phenoxy) is 3. The normalized spacial score (nSPS) is 16.6. The highest BCUT2D eigenvalue weighted by Crippen LogP contribution is 2.40. The lowest BCUT2D eigenvalue weighted by Gasteiger charge is -2.29. The average Bonchev–Trinajstić information content (AvgIpc) is 3.15. The van der Waals surface area contributed by atoms with Crippen molar-refractivity contribution in [3.8, 4) is 11.5 Å². The Hall–Kier alpha value is -1.26. The van der Waals surface area contributed by atoms with Crippen molar-refractivity contribution in [1.29, 1.82) is 0 Å². The zero-order chi connectivity index (χ0) is 21.6. The van der Waals surface area contributed by atoms with E-state index in [1.807, 2.05) is 0 Å². The molecule has 1 aliphatic carbocycles. The summed E-state index contributed by atoms with van der Waals surface area (Å²) in [6, 6.07) is 4.87. The topological polar surface area (TPSA) is 39.7 Å². The van der Waals surface area contributed by atoms with Crippen LogP contribution in [0.15, 0.2) is 12.1 Å². The van der Waals surface area contributed by atoms with Crippen molar-refractivity contribution in [3.63, 3.8) is 0 Å². The van der Waals surface area contributed by atoms with Gasteiger partial charge in [0.05, 0.1) is 13.2 Å². The summed E-state index contributed by atoms with van der Waals surface area (Å²) in [6.45, 7) is 16.7. The third-order valence-electron chi connectivity index (χ3n) is 5.62. The van der Waals surface area contributed by atoms with Gasteiger partial charge in [0.15, 0.2) is 0 Å². The van der Waals surface area contributed by atoms with Crippen molar-refractivity contribution >= 4 is 0 Å². The van der Waals surface area contributed by atoms with Crippen molar-refractivity contribution in [2.75, 3.05) is 20.3 Å². The minimum Gasteiger partial charge on any atom is -0.497 e. The molecular formula is C25H43NO3. The van der Waals surface area contributed by atoms with Crippen molar-refractivity contribution in [3.05, 3.63) is 23.3 Å². The molecule has 0 spiro atoms. The standard InChI is InChI=1S/C25H43NO3/c1-17(2)22-13-20(27-8)14-23(25(5,6)7)24(22)28-16-21(29-18(3)4)15-26-19-11-9-10-12-19/h13-14,17-19,21,26H,9-12,15-16H2,1-8H3. The van der Waals surface area contributed by atoms with E-state index in [0.29, 0.717) is 18.6 Å². The number of benzene rings is 1. The van der Waals surface area contributed by atoms with Crippen LogP contribution in [0.3, 0.4) is 0 Å². The minimum absolute atomic E-state index is 0.0329. The summed E-state index contributed by atoms with van der Waals surface area (Å²) < 4.78 is 18.3. The van der Waals surface area contributed by atoms with Crippen LogP contribution in [-0.4, -0.2) is 38.5 Å². The molecule has 1 aliphatic rings. The summed E-state index contributed by atoms with van der Waals surface area (Å²) in [7, 11) is 1.73. The molecule has 0 saturated heterocycles. The first-order valence-corrected chi connectivity index (χ1v) is 11.4. The highest BCUT2D eigenvalue weighted by molar-refractivity contribution is 5.51. The Kier molecular flexibility index (Phi) is 8.84. The molecular weight excluding hydrogens is 362 g/mol. The van der Waals surface area contributed by atoms with Crippen LogP contribution in [0, 0.1) is 0 Å². The Morgan fingerprint density at radius 2 is 1.72 bits per heavy atom. The van der Waals surface area contributed by atoms with Crippen LogP contribution in [-0.2, 0) is 10.2 Å². The monoisotopic (exact) mass is 405 g/mol. The van der Waals surface area contributed by atoms with Gasteiger partial charge < -0.3 is 19.5 Å². The van der Waals surface area contributed by atoms with Gasteiger partial charge in [0.25, 0.3) is 0 Å².